The number of hydrogen-bond donors (Lipinski definition) is 2. The van der Waals surface area contributed by atoms with E-state index in [0.717, 1.165) is 13.1 Å². The molecule has 0 fully saturated rings. The van der Waals surface area contributed by atoms with Crippen LogP contribution in [0.4, 0.5) is 0 Å². The van der Waals surface area contributed by atoms with E-state index in [9.17, 15) is 4.79 Å². The van der Waals surface area contributed by atoms with Crippen LogP contribution in [0.25, 0.3) is 0 Å². The van der Waals surface area contributed by atoms with Gasteiger partial charge in [0.1, 0.15) is 5.75 Å². The molecule has 0 unspecified atom stereocenters. The van der Waals surface area contributed by atoms with E-state index in [4.69, 9.17) is 9.47 Å². The molecule has 1 aromatic carbocycles. The Balaban J connectivity index is 2.15. The van der Waals surface area contributed by atoms with Gasteiger partial charge in [-0.2, -0.15) is 0 Å². The second-order valence-electron chi connectivity index (χ2n) is 5.11. The Kier molecular flexibility index (Phi) is 8.47. The van der Waals surface area contributed by atoms with E-state index in [-0.39, 0.29) is 12.5 Å². The molecule has 2 N–H and O–H groups in total. The lowest BCUT2D eigenvalue weighted by Gasteiger charge is -2.09. The van der Waals surface area contributed by atoms with Gasteiger partial charge in [0.25, 0.3) is 5.91 Å². The van der Waals surface area contributed by atoms with Crippen LogP contribution in [0.5, 0.6) is 5.75 Å². The average Bonchev–Trinajstić information content (AvgIpc) is 2.49. The van der Waals surface area contributed by atoms with Crippen molar-refractivity contribution in [3.8, 4) is 5.75 Å². The van der Waals surface area contributed by atoms with E-state index >= 15 is 0 Å². The summed E-state index contributed by atoms with van der Waals surface area (Å²) in [4.78, 5) is 11.6. The Labute approximate surface area is 127 Å². The normalized spacial score (nSPS) is 10.7. The zero-order valence-electron chi connectivity index (χ0n) is 13.1. The van der Waals surface area contributed by atoms with Crippen LogP contribution in [0.1, 0.15) is 25.3 Å². The number of nitrogens with one attached hydrogen (secondary N) is 2. The Morgan fingerprint density at radius 3 is 2.48 bits per heavy atom. The third kappa shape index (κ3) is 7.68. The summed E-state index contributed by atoms with van der Waals surface area (Å²) in [6, 6.07) is 7.85. The molecule has 0 aromatic heterocycles. The van der Waals surface area contributed by atoms with E-state index in [1.54, 1.807) is 7.11 Å². The van der Waals surface area contributed by atoms with Crippen molar-refractivity contribution in [1.82, 2.24) is 10.6 Å². The largest absolute Gasteiger partial charge is 0.484 e. The summed E-state index contributed by atoms with van der Waals surface area (Å²) in [5.74, 6) is 1.09. The quantitative estimate of drug-likeness (QED) is 0.643. The van der Waals surface area contributed by atoms with Crippen LogP contribution < -0.4 is 15.4 Å². The molecule has 1 aromatic rings. The summed E-state index contributed by atoms with van der Waals surface area (Å²) in [7, 11) is 1.66. The SMILES string of the molecule is COCCNCCNC(=O)COc1ccc(C(C)C)cc1. The molecule has 0 aliphatic rings. The van der Waals surface area contributed by atoms with Gasteiger partial charge in [-0.1, -0.05) is 26.0 Å². The highest BCUT2D eigenvalue weighted by atomic mass is 16.5. The van der Waals surface area contributed by atoms with Gasteiger partial charge < -0.3 is 20.1 Å². The Morgan fingerprint density at radius 1 is 1.14 bits per heavy atom. The minimum absolute atomic E-state index is 0.0408. The van der Waals surface area contributed by atoms with Gasteiger partial charge in [0.2, 0.25) is 0 Å². The van der Waals surface area contributed by atoms with Gasteiger partial charge in [0.15, 0.2) is 6.61 Å². The molecule has 0 aliphatic heterocycles. The van der Waals surface area contributed by atoms with Crippen LogP contribution in [-0.4, -0.2) is 45.9 Å². The number of amides is 1. The van der Waals surface area contributed by atoms with E-state index in [1.807, 2.05) is 24.3 Å². The molecule has 1 rings (SSSR count). The fraction of sp³-hybridized carbons (Fsp3) is 0.562. The van der Waals surface area contributed by atoms with Gasteiger partial charge in [0.05, 0.1) is 6.61 Å². The van der Waals surface area contributed by atoms with E-state index < -0.39 is 0 Å². The topological polar surface area (TPSA) is 59.6 Å². The minimum Gasteiger partial charge on any atom is -0.484 e. The number of carbonyl (C=O) groups is 1. The highest BCUT2D eigenvalue weighted by Crippen LogP contribution is 2.18. The van der Waals surface area contributed by atoms with Crippen LogP contribution in [0, 0.1) is 0 Å². The lowest BCUT2D eigenvalue weighted by Crippen LogP contribution is -2.35. The molecule has 1 amide bonds. The molecule has 0 saturated heterocycles. The maximum Gasteiger partial charge on any atom is 0.257 e. The predicted octanol–water partition coefficient (Wildman–Crippen LogP) is 1.54. The molecule has 5 nitrogen and oxygen atoms in total. The molecular weight excluding hydrogens is 268 g/mol. The Hall–Kier alpha value is -1.59. The number of benzene rings is 1. The first-order valence-electron chi connectivity index (χ1n) is 7.32. The fourth-order valence-corrected chi connectivity index (χ4v) is 1.74. The summed E-state index contributed by atoms with van der Waals surface area (Å²) in [6.45, 7) is 7.08. The summed E-state index contributed by atoms with van der Waals surface area (Å²) in [6.07, 6.45) is 0. The number of rotatable bonds is 10. The molecular formula is C16H26N2O3. The van der Waals surface area contributed by atoms with Crippen LogP contribution in [0.15, 0.2) is 24.3 Å². The maximum absolute atomic E-state index is 11.6. The molecule has 0 atom stereocenters. The number of methoxy groups -OCH3 is 1. The summed E-state index contributed by atoms with van der Waals surface area (Å²) in [5.41, 5.74) is 1.26. The summed E-state index contributed by atoms with van der Waals surface area (Å²) >= 11 is 0. The average molecular weight is 294 g/mol. The van der Waals surface area contributed by atoms with Crippen molar-refractivity contribution in [1.29, 1.82) is 0 Å². The van der Waals surface area contributed by atoms with Crippen LogP contribution in [0.3, 0.4) is 0 Å². The van der Waals surface area contributed by atoms with E-state index in [2.05, 4.69) is 24.5 Å². The Morgan fingerprint density at radius 2 is 1.86 bits per heavy atom. The lowest BCUT2D eigenvalue weighted by molar-refractivity contribution is -0.123. The molecule has 0 bridgehead atoms. The van der Waals surface area contributed by atoms with Crippen LogP contribution in [0.2, 0.25) is 0 Å². The van der Waals surface area contributed by atoms with Crippen molar-refractivity contribution in [3.05, 3.63) is 29.8 Å². The Bertz CT molecular complexity index is 404. The highest BCUT2D eigenvalue weighted by Gasteiger charge is 2.03. The van der Waals surface area contributed by atoms with E-state index in [0.29, 0.717) is 24.8 Å². The molecule has 0 radical (unpaired) electrons. The molecule has 0 aliphatic carbocycles. The van der Waals surface area contributed by atoms with Crippen LogP contribution in [-0.2, 0) is 9.53 Å². The number of ether oxygens (including phenoxy) is 2. The third-order valence-electron chi connectivity index (χ3n) is 3.02. The van der Waals surface area contributed by atoms with Crippen LogP contribution >= 0.6 is 0 Å². The predicted molar refractivity (Wildman–Crippen MR) is 83.8 cm³/mol. The molecule has 21 heavy (non-hydrogen) atoms. The zero-order chi connectivity index (χ0) is 15.5. The van der Waals surface area contributed by atoms with Gasteiger partial charge in [-0.05, 0) is 23.6 Å². The first-order chi connectivity index (χ1) is 10.1. The monoisotopic (exact) mass is 294 g/mol. The summed E-state index contributed by atoms with van der Waals surface area (Å²) in [5, 5.41) is 5.94. The van der Waals surface area contributed by atoms with E-state index in [1.165, 1.54) is 5.56 Å². The van der Waals surface area contributed by atoms with Gasteiger partial charge in [-0.15, -0.1) is 0 Å². The molecule has 5 heteroatoms. The van der Waals surface area contributed by atoms with Gasteiger partial charge in [0, 0.05) is 26.7 Å². The van der Waals surface area contributed by atoms with Crippen molar-refractivity contribution in [2.75, 3.05) is 40.0 Å². The van der Waals surface area contributed by atoms with Crippen molar-refractivity contribution >= 4 is 5.91 Å². The first kappa shape index (κ1) is 17.5. The second kappa shape index (κ2) is 10.2. The van der Waals surface area contributed by atoms with Crippen molar-refractivity contribution in [2.45, 2.75) is 19.8 Å². The molecule has 118 valence electrons. The first-order valence-corrected chi connectivity index (χ1v) is 7.32. The van der Waals surface area contributed by atoms with Crippen molar-refractivity contribution < 1.29 is 14.3 Å². The number of hydrogen-bond acceptors (Lipinski definition) is 4. The second-order valence-corrected chi connectivity index (χ2v) is 5.11. The van der Waals surface area contributed by atoms with Crippen molar-refractivity contribution in [3.63, 3.8) is 0 Å². The third-order valence-corrected chi connectivity index (χ3v) is 3.02. The minimum atomic E-state index is -0.114. The zero-order valence-corrected chi connectivity index (χ0v) is 13.1. The van der Waals surface area contributed by atoms with Crippen molar-refractivity contribution in [2.24, 2.45) is 0 Å². The maximum atomic E-state index is 11.6. The lowest BCUT2D eigenvalue weighted by atomic mass is 10.0. The van der Waals surface area contributed by atoms with Gasteiger partial charge in [-0.3, -0.25) is 4.79 Å². The molecule has 0 heterocycles. The fourth-order valence-electron chi connectivity index (χ4n) is 1.74. The van der Waals surface area contributed by atoms with Gasteiger partial charge >= 0.3 is 0 Å². The van der Waals surface area contributed by atoms with Gasteiger partial charge in [-0.25, -0.2) is 0 Å². The standard InChI is InChI=1S/C16H26N2O3/c1-13(2)14-4-6-15(7-5-14)21-12-16(19)18-9-8-17-10-11-20-3/h4-7,13,17H,8-12H2,1-3H3,(H,18,19). The smallest absolute Gasteiger partial charge is 0.257 e. The highest BCUT2D eigenvalue weighted by molar-refractivity contribution is 5.77. The summed E-state index contributed by atoms with van der Waals surface area (Å²) < 4.78 is 10.4. The number of carbonyl (C=O) groups excluding carboxylic acids is 1. The molecule has 0 saturated carbocycles. The molecule has 0 spiro atoms.